The molecule has 1 unspecified atom stereocenters. The van der Waals surface area contributed by atoms with Crippen molar-refractivity contribution in [3.8, 4) is 0 Å². The largest absolute Gasteiger partial charge is 0.357 e. The number of nitrogens with zero attached hydrogens (tertiary/aromatic N) is 4. The van der Waals surface area contributed by atoms with Gasteiger partial charge in [0.15, 0.2) is 5.96 Å². The Bertz CT molecular complexity index is 516. The number of hydrogen-bond acceptors (Lipinski definition) is 4. The molecule has 0 aromatic carbocycles. The fraction of sp³-hybridized carbons (Fsp3) is 0.944. The highest BCUT2D eigenvalue weighted by molar-refractivity contribution is 7.89. The Morgan fingerprint density at radius 2 is 1.77 bits per heavy atom. The zero-order valence-corrected chi connectivity index (χ0v) is 18.2. The Morgan fingerprint density at radius 1 is 1.12 bits per heavy atom. The number of guanidine groups is 1. The molecule has 1 saturated heterocycles. The highest BCUT2D eigenvalue weighted by Crippen LogP contribution is 2.17. The lowest BCUT2D eigenvalue weighted by molar-refractivity contribution is 0.255. The van der Waals surface area contributed by atoms with Gasteiger partial charge >= 0.3 is 0 Å². The minimum absolute atomic E-state index is 0.0697. The Hall–Kier alpha value is -0.860. The second kappa shape index (κ2) is 11.8. The Labute approximate surface area is 160 Å². The molecule has 26 heavy (non-hydrogen) atoms. The van der Waals surface area contributed by atoms with E-state index in [-0.39, 0.29) is 5.75 Å². The summed E-state index contributed by atoms with van der Waals surface area (Å²) in [5.41, 5.74) is 0. The molecule has 0 aromatic heterocycles. The van der Waals surface area contributed by atoms with Crippen molar-refractivity contribution in [2.75, 3.05) is 64.7 Å². The molecule has 0 aliphatic carbocycles. The molecule has 1 atom stereocenters. The fourth-order valence-corrected chi connectivity index (χ4v) is 4.83. The third-order valence-corrected chi connectivity index (χ3v) is 7.04. The van der Waals surface area contributed by atoms with E-state index < -0.39 is 10.0 Å². The first-order valence-electron chi connectivity index (χ1n) is 10.1. The van der Waals surface area contributed by atoms with Crippen molar-refractivity contribution in [1.29, 1.82) is 0 Å². The number of hydrogen-bond donors (Lipinski definition) is 1. The molecule has 1 N–H and O–H groups in total. The minimum atomic E-state index is -3.22. The summed E-state index contributed by atoms with van der Waals surface area (Å²) in [5, 5.41) is 3.32. The van der Waals surface area contributed by atoms with E-state index in [0.717, 1.165) is 45.2 Å². The summed E-state index contributed by atoms with van der Waals surface area (Å²) in [6, 6.07) is 0. The van der Waals surface area contributed by atoms with E-state index in [9.17, 15) is 8.42 Å². The summed E-state index contributed by atoms with van der Waals surface area (Å²) >= 11 is 0. The molecular weight excluding hydrogens is 350 g/mol. The van der Waals surface area contributed by atoms with Crippen LogP contribution >= 0.6 is 0 Å². The topological polar surface area (TPSA) is 68.2 Å². The van der Waals surface area contributed by atoms with Gasteiger partial charge in [0.05, 0.1) is 12.3 Å². The van der Waals surface area contributed by atoms with E-state index in [0.29, 0.717) is 25.6 Å². The molecule has 1 rings (SSSR count). The molecule has 0 spiro atoms. The minimum Gasteiger partial charge on any atom is -0.357 e. The van der Waals surface area contributed by atoms with Crippen LogP contribution < -0.4 is 5.32 Å². The molecule has 0 aromatic rings. The van der Waals surface area contributed by atoms with Gasteiger partial charge in [-0.15, -0.1) is 0 Å². The Kier molecular flexibility index (Phi) is 10.5. The summed E-state index contributed by atoms with van der Waals surface area (Å²) in [7, 11) is -3.22. The van der Waals surface area contributed by atoms with Crippen LogP contribution in [-0.4, -0.2) is 93.1 Å². The van der Waals surface area contributed by atoms with Crippen LogP contribution in [0.15, 0.2) is 4.99 Å². The SMILES string of the molecule is CCNC(=NCCS(=O)(=O)N(CC)CC)N1CCC(CN(CC)CC)C1. The lowest BCUT2D eigenvalue weighted by Gasteiger charge is -2.24. The number of aliphatic imine (C=N–C) groups is 1. The molecule has 1 heterocycles. The van der Waals surface area contributed by atoms with Crippen LogP contribution in [0.5, 0.6) is 0 Å². The Balaban J connectivity index is 2.64. The van der Waals surface area contributed by atoms with Crippen LogP contribution in [0.2, 0.25) is 0 Å². The molecule has 1 fully saturated rings. The molecule has 0 saturated carbocycles. The van der Waals surface area contributed by atoms with Crippen molar-refractivity contribution in [3.05, 3.63) is 0 Å². The molecule has 1 aliphatic rings. The van der Waals surface area contributed by atoms with Crippen LogP contribution in [0.4, 0.5) is 0 Å². The molecular formula is C18H39N5O2S. The standard InChI is InChI=1S/C18H39N5O2S/c1-6-19-18(20-12-14-26(24,25)23(9-4)10-5)22-13-11-17(16-22)15-21(7-2)8-3/h17H,6-16H2,1-5H3,(H,19,20). The fourth-order valence-electron chi connectivity index (χ4n) is 3.46. The van der Waals surface area contributed by atoms with Crippen molar-refractivity contribution in [3.63, 3.8) is 0 Å². The van der Waals surface area contributed by atoms with Gasteiger partial charge in [-0.05, 0) is 32.4 Å². The molecule has 8 heteroatoms. The smallest absolute Gasteiger partial charge is 0.215 e. The molecule has 0 radical (unpaired) electrons. The van der Waals surface area contributed by atoms with Crippen molar-refractivity contribution in [1.82, 2.24) is 19.4 Å². The van der Waals surface area contributed by atoms with Crippen molar-refractivity contribution >= 4 is 16.0 Å². The molecule has 0 bridgehead atoms. The summed E-state index contributed by atoms with van der Waals surface area (Å²) in [5.74, 6) is 1.57. The monoisotopic (exact) mass is 389 g/mol. The van der Waals surface area contributed by atoms with Crippen molar-refractivity contribution < 1.29 is 8.42 Å². The van der Waals surface area contributed by atoms with E-state index in [1.807, 2.05) is 20.8 Å². The molecule has 1 aliphatic heterocycles. The molecule has 7 nitrogen and oxygen atoms in total. The normalized spacial score (nSPS) is 19.0. The van der Waals surface area contributed by atoms with E-state index in [1.54, 1.807) is 0 Å². The van der Waals surface area contributed by atoms with Gasteiger partial charge in [0, 0.05) is 39.3 Å². The van der Waals surface area contributed by atoms with Gasteiger partial charge in [0.1, 0.15) is 0 Å². The highest BCUT2D eigenvalue weighted by atomic mass is 32.2. The van der Waals surface area contributed by atoms with Gasteiger partial charge in [0.2, 0.25) is 10.0 Å². The molecule has 154 valence electrons. The van der Waals surface area contributed by atoms with Crippen LogP contribution in [0, 0.1) is 5.92 Å². The van der Waals surface area contributed by atoms with E-state index in [4.69, 9.17) is 0 Å². The van der Waals surface area contributed by atoms with Gasteiger partial charge in [-0.25, -0.2) is 12.7 Å². The predicted octanol–water partition coefficient (Wildman–Crippen LogP) is 1.29. The maximum absolute atomic E-state index is 12.3. The average molecular weight is 390 g/mol. The van der Waals surface area contributed by atoms with E-state index in [2.05, 4.69) is 34.0 Å². The third kappa shape index (κ3) is 7.04. The summed E-state index contributed by atoms with van der Waals surface area (Å²) in [6.45, 7) is 17.6. The summed E-state index contributed by atoms with van der Waals surface area (Å²) < 4.78 is 26.1. The average Bonchev–Trinajstić information content (AvgIpc) is 3.08. The first-order valence-corrected chi connectivity index (χ1v) is 11.8. The first kappa shape index (κ1) is 23.2. The van der Waals surface area contributed by atoms with Gasteiger partial charge < -0.3 is 15.1 Å². The third-order valence-electron chi connectivity index (χ3n) is 5.04. The zero-order valence-electron chi connectivity index (χ0n) is 17.4. The number of sulfonamides is 1. The maximum atomic E-state index is 12.3. The molecule has 0 amide bonds. The first-order chi connectivity index (χ1) is 12.4. The van der Waals surface area contributed by atoms with Crippen LogP contribution in [0.1, 0.15) is 41.0 Å². The van der Waals surface area contributed by atoms with Crippen LogP contribution in [0.25, 0.3) is 0 Å². The van der Waals surface area contributed by atoms with Crippen molar-refractivity contribution in [2.45, 2.75) is 41.0 Å². The summed E-state index contributed by atoms with van der Waals surface area (Å²) in [4.78, 5) is 9.34. The van der Waals surface area contributed by atoms with Crippen molar-refractivity contribution in [2.24, 2.45) is 10.9 Å². The number of nitrogens with one attached hydrogen (secondary N) is 1. The van der Waals surface area contributed by atoms with E-state index in [1.165, 1.54) is 10.7 Å². The Morgan fingerprint density at radius 3 is 2.31 bits per heavy atom. The van der Waals surface area contributed by atoms with E-state index >= 15 is 0 Å². The van der Waals surface area contributed by atoms with Crippen LogP contribution in [0.3, 0.4) is 0 Å². The lowest BCUT2D eigenvalue weighted by atomic mass is 10.1. The number of likely N-dealkylation sites (tertiary alicyclic amines) is 1. The summed E-state index contributed by atoms with van der Waals surface area (Å²) in [6.07, 6.45) is 1.17. The van der Waals surface area contributed by atoms with Gasteiger partial charge in [-0.3, -0.25) is 4.99 Å². The predicted molar refractivity (Wildman–Crippen MR) is 110 cm³/mol. The van der Waals surface area contributed by atoms with Gasteiger partial charge in [-0.1, -0.05) is 27.7 Å². The second-order valence-corrected chi connectivity index (χ2v) is 8.81. The van der Waals surface area contributed by atoms with Crippen LogP contribution in [-0.2, 0) is 10.0 Å². The number of rotatable bonds is 11. The second-order valence-electron chi connectivity index (χ2n) is 6.72. The maximum Gasteiger partial charge on any atom is 0.215 e. The van der Waals surface area contributed by atoms with Gasteiger partial charge in [-0.2, -0.15) is 0 Å². The van der Waals surface area contributed by atoms with Gasteiger partial charge in [0.25, 0.3) is 0 Å². The zero-order chi connectivity index (χ0) is 19.6. The quantitative estimate of drug-likeness (QED) is 0.426. The highest BCUT2D eigenvalue weighted by Gasteiger charge is 2.26. The lowest BCUT2D eigenvalue weighted by Crippen LogP contribution is -2.41.